The highest BCUT2D eigenvalue weighted by Crippen LogP contribution is 2.34. The molecule has 20 heavy (non-hydrogen) atoms. The van der Waals surface area contributed by atoms with E-state index < -0.39 is 4.92 Å². The molecular formula is C14H18N2O3S. The van der Waals surface area contributed by atoms with Crippen molar-refractivity contribution in [2.75, 3.05) is 11.1 Å². The van der Waals surface area contributed by atoms with Crippen molar-refractivity contribution in [3.8, 4) is 0 Å². The summed E-state index contributed by atoms with van der Waals surface area (Å²) in [6.45, 7) is 2.13. The number of thioether (sulfide) groups is 1. The molecule has 1 aliphatic rings. The SMILES string of the molecule is CCSC1CCCC1Nc1ccc(C=O)cc1[N+](=O)[O-]. The Kier molecular flexibility index (Phi) is 5.00. The number of aldehydes is 1. The lowest BCUT2D eigenvalue weighted by Crippen LogP contribution is -2.26. The molecule has 0 radical (unpaired) electrons. The lowest BCUT2D eigenvalue weighted by molar-refractivity contribution is -0.384. The third-order valence-corrected chi connectivity index (χ3v) is 4.85. The van der Waals surface area contributed by atoms with Crippen molar-refractivity contribution in [1.29, 1.82) is 0 Å². The van der Waals surface area contributed by atoms with Gasteiger partial charge in [-0.2, -0.15) is 11.8 Å². The van der Waals surface area contributed by atoms with E-state index in [1.165, 1.54) is 6.07 Å². The summed E-state index contributed by atoms with van der Waals surface area (Å²) in [7, 11) is 0. The third-order valence-electron chi connectivity index (χ3n) is 3.53. The van der Waals surface area contributed by atoms with Crippen LogP contribution in [-0.2, 0) is 0 Å². The minimum atomic E-state index is -0.438. The summed E-state index contributed by atoms with van der Waals surface area (Å²) in [4.78, 5) is 21.4. The van der Waals surface area contributed by atoms with Crippen molar-refractivity contribution < 1.29 is 9.72 Å². The van der Waals surface area contributed by atoms with E-state index in [4.69, 9.17) is 0 Å². The Morgan fingerprint density at radius 3 is 2.95 bits per heavy atom. The Morgan fingerprint density at radius 1 is 1.50 bits per heavy atom. The molecular weight excluding hydrogens is 276 g/mol. The van der Waals surface area contributed by atoms with Crippen molar-refractivity contribution in [2.45, 2.75) is 37.5 Å². The standard InChI is InChI=1S/C14H18N2O3S/c1-2-20-14-5-3-4-12(14)15-11-7-6-10(9-17)8-13(11)16(18)19/h6-9,12,14-15H,2-5H2,1H3. The lowest BCUT2D eigenvalue weighted by Gasteiger charge is -2.21. The molecule has 0 aliphatic heterocycles. The Bertz CT molecular complexity index is 507. The maximum atomic E-state index is 11.1. The maximum Gasteiger partial charge on any atom is 0.293 e. The molecule has 1 aromatic carbocycles. The van der Waals surface area contributed by atoms with Gasteiger partial charge in [-0.25, -0.2) is 0 Å². The van der Waals surface area contributed by atoms with E-state index in [-0.39, 0.29) is 11.7 Å². The number of nitrogens with zero attached hydrogens (tertiary/aromatic N) is 1. The quantitative estimate of drug-likeness (QED) is 0.494. The highest BCUT2D eigenvalue weighted by Gasteiger charge is 2.28. The monoisotopic (exact) mass is 294 g/mol. The second kappa shape index (κ2) is 6.74. The van der Waals surface area contributed by atoms with E-state index in [1.807, 2.05) is 11.8 Å². The molecule has 5 nitrogen and oxygen atoms in total. The van der Waals surface area contributed by atoms with Crippen molar-refractivity contribution in [3.05, 3.63) is 33.9 Å². The van der Waals surface area contributed by atoms with Gasteiger partial charge in [0.25, 0.3) is 5.69 Å². The zero-order chi connectivity index (χ0) is 14.5. The summed E-state index contributed by atoms with van der Waals surface area (Å²) in [5.74, 6) is 1.05. The number of carbonyl (C=O) groups is 1. The van der Waals surface area contributed by atoms with Gasteiger partial charge in [0.2, 0.25) is 0 Å². The molecule has 1 saturated carbocycles. The molecule has 1 fully saturated rings. The molecule has 1 aromatic rings. The van der Waals surface area contributed by atoms with Crippen LogP contribution in [0.25, 0.3) is 0 Å². The smallest absolute Gasteiger partial charge is 0.293 e. The van der Waals surface area contributed by atoms with Crippen LogP contribution in [0.5, 0.6) is 0 Å². The molecule has 1 N–H and O–H groups in total. The van der Waals surface area contributed by atoms with Crippen LogP contribution in [0, 0.1) is 10.1 Å². The van der Waals surface area contributed by atoms with E-state index in [9.17, 15) is 14.9 Å². The number of rotatable bonds is 6. The largest absolute Gasteiger partial charge is 0.376 e. The molecule has 0 saturated heterocycles. The molecule has 6 heteroatoms. The number of benzene rings is 1. The average Bonchev–Trinajstić information content (AvgIpc) is 2.87. The fourth-order valence-corrected chi connectivity index (χ4v) is 3.80. The van der Waals surface area contributed by atoms with Crippen LogP contribution < -0.4 is 5.32 Å². The summed E-state index contributed by atoms with van der Waals surface area (Å²) in [5, 5.41) is 14.9. The van der Waals surface area contributed by atoms with Crippen LogP contribution in [0.1, 0.15) is 36.5 Å². The van der Waals surface area contributed by atoms with Crippen LogP contribution in [0.3, 0.4) is 0 Å². The molecule has 0 aromatic heterocycles. The number of nitro groups is 1. The van der Waals surface area contributed by atoms with Gasteiger partial charge < -0.3 is 5.32 Å². The second-order valence-corrected chi connectivity index (χ2v) is 6.34. The first-order valence-electron chi connectivity index (χ1n) is 6.77. The van der Waals surface area contributed by atoms with Gasteiger partial charge in [0.15, 0.2) is 0 Å². The molecule has 0 bridgehead atoms. The molecule has 2 atom stereocenters. The highest BCUT2D eigenvalue weighted by molar-refractivity contribution is 7.99. The van der Waals surface area contributed by atoms with Gasteiger partial charge in [0.1, 0.15) is 12.0 Å². The molecule has 2 unspecified atom stereocenters. The zero-order valence-corrected chi connectivity index (χ0v) is 12.2. The molecule has 1 aliphatic carbocycles. The predicted molar refractivity (Wildman–Crippen MR) is 81.7 cm³/mol. The molecule has 0 spiro atoms. The van der Waals surface area contributed by atoms with E-state index in [1.54, 1.807) is 12.1 Å². The van der Waals surface area contributed by atoms with Gasteiger partial charge in [-0.3, -0.25) is 14.9 Å². The van der Waals surface area contributed by atoms with Crippen LogP contribution >= 0.6 is 11.8 Å². The molecule has 0 amide bonds. The molecule has 0 heterocycles. The number of nitrogens with one attached hydrogen (secondary N) is 1. The number of hydrogen-bond acceptors (Lipinski definition) is 5. The van der Waals surface area contributed by atoms with Gasteiger partial charge in [-0.1, -0.05) is 13.3 Å². The van der Waals surface area contributed by atoms with Gasteiger partial charge >= 0.3 is 0 Å². The number of nitro benzene ring substituents is 1. The third kappa shape index (κ3) is 3.30. The molecule has 2 rings (SSSR count). The number of anilines is 1. The van der Waals surface area contributed by atoms with Gasteiger partial charge in [-0.15, -0.1) is 0 Å². The predicted octanol–water partition coefficient (Wildman–Crippen LogP) is 3.49. The highest BCUT2D eigenvalue weighted by atomic mass is 32.2. The summed E-state index contributed by atoms with van der Waals surface area (Å²) in [6, 6.07) is 4.83. The fourth-order valence-electron chi connectivity index (χ4n) is 2.60. The van der Waals surface area contributed by atoms with Crippen molar-refractivity contribution >= 4 is 29.4 Å². The van der Waals surface area contributed by atoms with Crippen LogP contribution in [-0.4, -0.2) is 28.3 Å². The minimum absolute atomic E-state index is 0.0262. The Balaban J connectivity index is 2.20. The normalized spacial score (nSPS) is 21.6. The fraction of sp³-hybridized carbons (Fsp3) is 0.500. The lowest BCUT2D eigenvalue weighted by atomic mass is 10.1. The minimum Gasteiger partial charge on any atom is -0.376 e. The van der Waals surface area contributed by atoms with Gasteiger partial charge in [-0.05, 0) is 30.7 Å². The van der Waals surface area contributed by atoms with Crippen molar-refractivity contribution in [3.63, 3.8) is 0 Å². The Morgan fingerprint density at radius 2 is 2.30 bits per heavy atom. The molecule has 108 valence electrons. The van der Waals surface area contributed by atoms with Gasteiger partial charge in [0.05, 0.1) is 4.92 Å². The summed E-state index contributed by atoms with van der Waals surface area (Å²) in [5.41, 5.74) is 0.809. The number of hydrogen-bond donors (Lipinski definition) is 1. The number of carbonyl (C=O) groups excluding carboxylic acids is 1. The van der Waals surface area contributed by atoms with Crippen molar-refractivity contribution in [2.24, 2.45) is 0 Å². The Labute approximate surface area is 122 Å². The van der Waals surface area contributed by atoms with Crippen LogP contribution in [0.4, 0.5) is 11.4 Å². The summed E-state index contributed by atoms with van der Waals surface area (Å²) in [6.07, 6.45) is 3.96. The van der Waals surface area contributed by atoms with Crippen LogP contribution in [0.15, 0.2) is 18.2 Å². The first-order valence-corrected chi connectivity index (χ1v) is 7.82. The van der Waals surface area contributed by atoms with E-state index in [2.05, 4.69) is 12.2 Å². The van der Waals surface area contributed by atoms with Crippen LogP contribution in [0.2, 0.25) is 0 Å². The van der Waals surface area contributed by atoms with Gasteiger partial charge in [0, 0.05) is 22.9 Å². The Hall–Kier alpha value is -1.56. The van der Waals surface area contributed by atoms with Crippen molar-refractivity contribution in [1.82, 2.24) is 0 Å². The second-order valence-electron chi connectivity index (χ2n) is 4.83. The maximum absolute atomic E-state index is 11.1. The zero-order valence-electron chi connectivity index (χ0n) is 11.4. The van der Waals surface area contributed by atoms with E-state index in [0.717, 1.165) is 25.0 Å². The first kappa shape index (κ1) is 14.8. The average molecular weight is 294 g/mol. The van der Waals surface area contributed by atoms with E-state index in [0.29, 0.717) is 22.8 Å². The summed E-state index contributed by atoms with van der Waals surface area (Å²) < 4.78 is 0. The topological polar surface area (TPSA) is 72.2 Å². The van der Waals surface area contributed by atoms with E-state index >= 15 is 0 Å². The summed E-state index contributed by atoms with van der Waals surface area (Å²) >= 11 is 1.90. The first-order chi connectivity index (χ1) is 9.65.